The van der Waals surface area contributed by atoms with E-state index in [4.69, 9.17) is 5.11 Å². The zero-order chi connectivity index (χ0) is 9.35. The molecule has 0 aromatic carbocycles. The van der Waals surface area contributed by atoms with Crippen LogP contribution in [0.2, 0.25) is 0 Å². The largest absolute Gasteiger partial charge is 0.480 e. The molecule has 1 aliphatic heterocycles. The zero-order valence-electron chi connectivity index (χ0n) is 6.43. The van der Waals surface area contributed by atoms with Crippen LogP contribution in [0, 0.1) is 0 Å². The average Bonchev–Trinajstić information content (AvgIpc) is 2.30. The van der Waals surface area contributed by atoms with Gasteiger partial charge in [0.2, 0.25) is 10.0 Å². The molecule has 12 heavy (non-hydrogen) atoms. The van der Waals surface area contributed by atoms with Crippen molar-refractivity contribution in [3.05, 3.63) is 0 Å². The highest BCUT2D eigenvalue weighted by atomic mass is 32.2. The van der Waals surface area contributed by atoms with Crippen LogP contribution >= 0.6 is 11.8 Å². The second-order valence-electron chi connectivity index (χ2n) is 2.50. The number of carboxylic acids is 1. The minimum atomic E-state index is -3.37. The molecule has 0 amide bonds. The van der Waals surface area contributed by atoms with E-state index in [0.29, 0.717) is 5.75 Å². The summed E-state index contributed by atoms with van der Waals surface area (Å²) in [5.74, 6) is -0.497. The van der Waals surface area contributed by atoms with Crippen molar-refractivity contribution < 1.29 is 18.3 Å². The first-order valence-electron chi connectivity index (χ1n) is 3.20. The maximum atomic E-state index is 11.0. The minimum absolute atomic E-state index is 0.246. The van der Waals surface area contributed by atoms with Crippen LogP contribution in [0.25, 0.3) is 0 Å². The van der Waals surface area contributed by atoms with E-state index in [9.17, 15) is 13.2 Å². The van der Waals surface area contributed by atoms with Crippen LogP contribution in [0.3, 0.4) is 0 Å². The van der Waals surface area contributed by atoms with E-state index in [1.165, 1.54) is 11.8 Å². The number of hydrogen-bond acceptors (Lipinski definition) is 4. The summed E-state index contributed by atoms with van der Waals surface area (Å²) in [6.07, 6.45) is 1.02. The van der Waals surface area contributed by atoms with Gasteiger partial charge in [0.25, 0.3) is 0 Å². The van der Waals surface area contributed by atoms with Gasteiger partial charge in [-0.15, -0.1) is 11.8 Å². The van der Waals surface area contributed by atoms with E-state index in [2.05, 4.69) is 0 Å². The van der Waals surface area contributed by atoms with Gasteiger partial charge in [-0.2, -0.15) is 4.31 Å². The van der Waals surface area contributed by atoms with E-state index >= 15 is 0 Å². The molecule has 70 valence electrons. The summed E-state index contributed by atoms with van der Waals surface area (Å²) in [4.78, 5) is 10.5. The summed E-state index contributed by atoms with van der Waals surface area (Å²) in [5.41, 5.74) is 0. The lowest BCUT2D eigenvalue weighted by atomic mass is 10.4. The number of thioether (sulfide) groups is 1. The molecule has 0 spiro atoms. The number of nitrogens with zero attached hydrogens (tertiary/aromatic N) is 1. The molecule has 1 saturated heterocycles. The predicted molar refractivity (Wildman–Crippen MR) is 45.4 cm³/mol. The summed E-state index contributed by atoms with van der Waals surface area (Å²) >= 11 is 1.31. The van der Waals surface area contributed by atoms with Crippen LogP contribution < -0.4 is 0 Å². The third-order valence-corrected chi connectivity index (χ3v) is 3.96. The molecule has 0 aromatic heterocycles. The van der Waals surface area contributed by atoms with Gasteiger partial charge in [0.1, 0.15) is 6.04 Å². The Bertz CT molecular complexity index is 286. The molecule has 7 heteroatoms. The SMILES string of the molecule is CS(=O)(=O)N1CSC[C@H]1C(=O)O. The van der Waals surface area contributed by atoms with Gasteiger partial charge in [-0.3, -0.25) is 4.79 Å². The van der Waals surface area contributed by atoms with Gasteiger partial charge in [-0.25, -0.2) is 8.42 Å². The highest BCUT2D eigenvalue weighted by molar-refractivity contribution is 8.00. The Labute approximate surface area is 74.8 Å². The zero-order valence-corrected chi connectivity index (χ0v) is 8.06. The smallest absolute Gasteiger partial charge is 0.322 e. The molecule has 0 radical (unpaired) electrons. The van der Waals surface area contributed by atoms with Crippen LogP contribution in [0.15, 0.2) is 0 Å². The Morgan fingerprint density at radius 2 is 2.25 bits per heavy atom. The van der Waals surface area contributed by atoms with Gasteiger partial charge in [0, 0.05) is 5.75 Å². The van der Waals surface area contributed by atoms with Gasteiger partial charge in [0.05, 0.1) is 12.1 Å². The van der Waals surface area contributed by atoms with Crippen molar-refractivity contribution >= 4 is 27.8 Å². The minimum Gasteiger partial charge on any atom is -0.480 e. The average molecular weight is 211 g/mol. The number of carboxylic acid groups (broad SMARTS) is 1. The molecule has 0 saturated carbocycles. The fourth-order valence-electron chi connectivity index (χ4n) is 0.949. The summed E-state index contributed by atoms with van der Waals surface area (Å²) in [6, 6.07) is -0.884. The first kappa shape index (κ1) is 9.82. The lowest BCUT2D eigenvalue weighted by molar-refractivity contribution is -0.140. The Morgan fingerprint density at radius 3 is 2.58 bits per heavy atom. The van der Waals surface area contributed by atoms with Crippen molar-refractivity contribution in [3.63, 3.8) is 0 Å². The lowest BCUT2D eigenvalue weighted by Gasteiger charge is -2.16. The molecule has 1 N–H and O–H groups in total. The summed E-state index contributed by atoms with van der Waals surface area (Å²) in [7, 11) is -3.37. The first-order chi connectivity index (χ1) is 5.43. The van der Waals surface area contributed by atoms with Crippen LogP contribution in [0.4, 0.5) is 0 Å². The number of hydrogen-bond donors (Lipinski definition) is 1. The predicted octanol–water partition coefficient (Wildman–Crippen LogP) is -0.595. The maximum absolute atomic E-state index is 11.0. The van der Waals surface area contributed by atoms with Crippen LogP contribution in [0.5, 0.6) is 0 Å². The molecule has 0 aliphatic carbocycles. The fraction of sp³-hybridized carbons (Fsp3) is 0.800. The Morgan fingerprint density at radius 1 is 1.67 bits per heavy atom. The Balaban J connectivity index is 2.85. The first-order valence-corrected chi connectivity index (χ1v) is 6.20. The van der Waals surface area contributed by atoms with Crippen molar-refractivity contribution in [2.75, 3.05) is 17.9 Å². The molecule has 1 aliphatic rings. The van der Waals surface area contributed by atoms with Crippen LogP contribution in [-0.4, -0.2) is 47.7 Å². The number of rotatable bonds is 2. The van der Waals surface area contributed by atoms with Crippen molar-refractivity contribution in [1.82, 2.24) is 4.31 Å². The molecule has 0 aromatic rings. The van der Waals surface area contributed by atoms with Crippen LogP contribution in [0.1, 0.15) is 0 Å². The molecule has 1 rings (SSSR count). The van der Waals surface area contributed by atoms with Gasteiger partial charge in [-0.05, 0) is 0 Å². The van der Waals surface area contributed by atoms with E-state index in [-0.39, 0.29) is 5.88 Å². The Kier molecular flexibility index (Phi) is 2.64. The van der Waals surface area contributed by atoms with E-state index in [0.717, 1.165) is 10.6 Å². The summed E-state index contributed by atoms with van der Waals surface area (Å²) < 4.78 is 23.0. The van der Waals surface area contributed by atoms with Crippen molar-refractivity contribution in [3.8, 4) is 0 Å². The molecule has 1 atom stereocenters. The third-order valence-electron chi connectivity index (χ3n) is 1.55. The van der Waals surface area contributed by atoms with Crippen molar-refractivity contribution in [1.29, 1.82) is 0 Å². The van der Waals surface area contributed by atoms with Gasteiger partial charge in [0.15, 0.2) is 0 Å². The highest BCUT2D eigenvalue weighted by Gasteiger charge is 2.36. The monoisotopic (exact) mass is 211 g/mol. The van der Waals surface area contributed by atoms with Crippen molar-refractivity contribution in [2.45, 2.75) is 6.04 Å². The fourth-order valence-corrected chi connectivity index (χ4v) is 3.67. The summed E-state index contributed by atoms with van der Waals surface area (Å²) in [5, 5.41) is 8.63. The normalized spacial score (nSPS) is 25.9. The molecular weight excluding hydrogens is 202 g/mol. The van der Waals surface area contributed by atoms with Gasteiger partial charge in [-0.1, -0.05) is 0 Å². The summed E-state index contributed by atoms with van der Waals surface area (Å²) in [6.45, 7) is 0. The molecule has 0 bridgehead atoms. The highest BCUT2D eigenvalue weighted by Crippen LogP contribution is 2.23. The van der Waals surface area contributed by atoms with E-state index in [1.54, 1.807) is 0 Å². The van der Waals surface area contributed by atoms with Crippen LogP contribution in [-0.2, 0) is 14.8 Å². The standard InChI is InChI=1S/C5H9NO4S2/c1-12(9,10)6-3-11-2-4(6)5(7)8/h4H,2-3H2,1H3,(H,7,8)/t4-/m0/s1. The molecule has 5 nitrogen and oxygen atoms in total. The molecule has 1 fully saturated rings. The molecule has 1 heterocycles. The molecular formula is C5H9NO4S2. The Hall–Kier alpha value is -0.270. The van der Waals surface area contributed by atoms with Gasteiger partial charge < -0.3 is 5.11 Å². The second-order valence-corrected chi connectivity index (χ2v) is 5.44. The molecule has 0 unspecified atom stereocenters. The quantitative estimate of drug-likeness (QED) is 0.660. The van der Waals surface area contributed by atoms with Gasteiger partial charge >= 0.3 is 5.97 Å². The van der Waals surface area contributed by atoms with Crippen molar-refractivity contribution in [2.24, 2.45) is 0 Å². The maximum Gasteiger partial charge on any atom is 0.322 e. The number of sulfonamides is 1. The third kappa shape index (κ3) is 1.90. The number of carbonyl (C=O) groups is 1. The lowest BCUT2D eigenvalue weighted by Crippen LogP contribution is -2.41. The number of aliphatic carboxylic acids is 1. The van der Waals surface area contributed by atoms with E-state index in [1.807, 2.05) is 0 Å². The van der Waals surface area contributed by atoms with E-state index < -0.39 is 22.0 Å². The topological polar surface area (TPSA) is 74.7 Å². The second kappa shape index (κ2) is 3.23.